The van der Waals surface area contributed by atoms with Crippen molar-refractivity contribution in [3.8, 4) is 17.3 Å². The topological polar surface area (TPSA) is 64.3 Å². The van der Waals surface area contributed by atoms with E-state index >= 15 is 0 Å². The van der Waals surface area contributed by atoms with E-state index in [0.29, 0.717) is 6.54 Å². The Morgan fingerprint density at radius 3 is 2.54 bits per heavy atom. The van der Waals surface area contributed by atoms with Gasteiger partial charge >= 0.3 is 6.03 Å². The van der Waals surface area contributed by atoms with Crippen molar-refractivity contribution in [2.45, 2.75) is 33.4 Å². The highest BCUT2D eigenvalue weighted by Gasteiger charge is 2.36. The number of ether oxygens (including phenoxy) is 1. The zero-order chi connectivity index (χ0) is 27.1. The van der Waals surface area contributed by atoms with Crippen LogP contribution >= 0.6 is 0 Å². The lowest BCUT2D eigenvalue weighted by molar-refractivity contribution is 0.194. The molecule has 0 fully saturated rings. The average molecular weight is 518 g/mol. The van der Waals surface area contributed by atoms with E-state index in [9.17, 15) is 4.79 Å². The standard InChI is InChI=1S/C32H31N5O2/c1-21-11-8-16-28(22(21)2)33-32(38)36-20-27-23(3)34-37(25-13-6-5-7-14-25)31(27)35-18-10-17-29(35)30(36)24-12-9-15-26(19-24)39-4/h5-19,30H,20H2,1-4H3,(H,33,38). The minimum Gasteiger partial charge on any atom is -0.497 e. The summed E-state index contributed by atoms with van der Waals surface area (Å²) in [5.41, 5.74) is 7.76. The highest BCUT2D eigenvalue weighted by molar-refractivity contribution is 5.91. The van der Waals surface area contributed by atoms with Gasteiger partial charge in [-0.25, -0.2) is 9.48 Å². The minimum atomic E-state index is -0.365. The largest absolute Gasteiger partial charge is 0.497 e. The monoisotopic (exact) mass is 517 g/mol. The van der Waals surface area contributed by atoms with Gasteiger partial charge in [0.1, 0.15) is 11.6 Å². The molecular weight excluding hydrogens is 486 g/mol. The number of aromatic nitrogens is 3. The first-order chi connectivity index (χ1) is 19.0. The molecule has 2 aromatic heterocycles. The first kappa shape index (κ1) is 24.6. The van der Waals surface area contributed by atoms with Crippen molar-refractivity contribution in [1.29, 1.82) is 0 Å². The maximum Gasteiger partial charge on any atom is 0.322 e. The molecule has 3 aromatic carbocycles. The van der Waals surface area contributed by atoms with Crippen molar-refractivity contribution >= 4 is 11.7 Å². The molecule has 1 aliphatic rings. The molecule has 0 aliphatic carbocycles. The van der Waals surface area contributed by atoms with Crippen molar-refractivity contribution in [2.24, 2.45) is 0 Å². The lowest BCUT2D eigenvalue weighted by Gasteiger charge is -2.31. The lowest BCUT2D eigenvalue weighted by atomic mass is 10.0. The van der Waals surface area contributed by atoms with Gasteiger partial charge in [-0.2, -0.15) is 5.10 Å². The summed E-state index contributed by atoms with van der Waals surface area (Å²) in [6, 6.07) is 27.6. The van der Waals surface area contributed by atoms with Crippen molar-refractivity contribution < 1.29 is 9.53 Å². The Balaban J connectivity index is 1.55. The molecule has 7 heteroatoms. The van der Waals surface area contributed by atoms with Crippen molar-refractivity contribution in [1.82, 2.24) is 19.2 Å². The lowest BCUT2D eigenvalue weighted by Crippen LogP contribution is -2.38. The number of fused-ring (bicyclic) bond motifs is 3. The van der Waals surface area contributed by atoms with Crippen LogP contribution in [0.1, 0.15) is 39.7 Å². The summed E-state index contributed by atoms with van der Waals surface area (Å²) in [7, 11) is 1.66. The predicted molar refractivity (Wildman–Crippen MR) is 153 cm³/mol. The number of nitrogens with one attached hydrogen (secondary N) is 1. The van der Waals surface area contributed by atoms with Crippen molar-refractivity contribution in [2.75, 3.05) is 12.4 Å². The molecule has 0 radical (unpaired) electrons. The number of benzene rings is 3. The second-order valence-corrected chi connectivity index (χ2v) is 9.92. The average Bonchev–Trinajstić information content (AvgIpc) is 3.52. The fraction of sp³-hybridized carbons (Fsp3) is 0.188. The quantitative estimate of drug-likeness (QED) is 0.287. The number of anilines is 1. The number of hydrogen-bond acceptors (Lipinski definition) is 3. The molecular formula is C32H31N5O2. The molecule has 3 heterocycles. The SMILES string of the molecule is COc1cccc(C2c3cccn3-c3c(c(C)nn3-c3ccccc3)CN2C(=O)Nc2cccc(C)c2C)c1. The molecule has 0 saturated carbocycles. The third kappa shape index (κ3) is 4.26. The third-order valence-electron chi connectivity index (χ3n) is 7.60. The highest BCUT2D eigenvalue weighted by atomic mass is 16.5. The van der Waals surface area contributed by atoms with Crippen LogP contribution in [0.15, 0.2) is 91.1 Å². The number of carbonyl (C=O) groups is 1. The van der Waals surface area contributed by atoms with Crippen LogP contribution in [0.3, 0.4) is 0 Å². The van der Waals surface area contributed by atoms with Crippen LogP contribution in [0.5, 0.6) is 5.75 Å². The van der Waals surface area contributed by atoms with E-state index in [1.807, 2.05) is 96.4 Å². The van der Waals surface area contributed by atoms with Gasteiger partial charge in [0, 0.05) is 17.4 Å². The molecule has 1 aliphatic heterocycles. The van der Waals surface area contributed by atoms with Gasteiger partial charge in [0.05, 0.1) is 36.8 Å². The van der Waals surface area contributed by atoms with Crippen LogP contribution in [-0.2, 0) is 6.54 Å². The van der Waals surface area contributed by atoms with Crippen LogP contribution in [0.25, 0.3) is 11.5 Å². The Kier molecular flexibility index (Phi) is 6.19. The van der Waals surface area contributed by atoms with Crippen molar-refractivity contribution in [3.63, 3.8) is 0 Å². The highest BCUT2D eigenvalue weighted by Crippen LogP contribution is 2.39. The molecule has 6 rings (SSSR count). The number of methoxy groups -OCH3 is 1. The fourth-order valence-corrected chi connectivity index (χ4v) is 5.39. The van der Waals surface area contributed by atoms with E-state index in [1.165, 1.54) is 0 Å². The Morgan fingerprint density at radius 1 is 0.949 bits per heavy atom. The van der Waals surface area contributed by atoms with E-state index in [-0.39, 0.29) is 12.1 Å². The summed E-state index contributed by atoms with van der Waals surface area (Å²) in [4.78, 5) is 16.1. The minimum absolute atomic E-state index is 0.177. The second kappa shape index (κ2) is 9.83. The second-order valence-electron chi connectivity index (χ2n) is 9.92. The first-order valence-electron chi connectivity index (χ1n) is 13.1. The van der Waals surface area contributed by atoms with E-state index in [0.717, 1.165) is 56.6 Å². The number of aryl methyl sites for hydroxylation is 2. The van der Waals surface area contributed by atoms with Crippen LogP contribution in [-0.4, -0.2) is 32.4 Å². The summed E-state index contributed by atoms with van der Waals surface area (Å²) in [6.07, 6.45) is 2.05. The summed E-state index contributed by atoms with van der Waals surface area (Å²) >= 11 is 0. The summed E-state index contributed by atoms with van der Waals surface area (Å²) in [5.74, 6) is 1.68. The molecule has 1 unspecified atom stereocenters. The zero-order valence-electron chi connectivity index (χ0n) is 22.6. The van der Waals surface area contributed by atoms with E-state index in [4.69, 9.17) is 9.84 Å². The molecule has 39 heavy (non-hydrogen) atoms. The van der Waals surface area contributed by atoms with Crippen LogP contribution in [0, 0.1) is 20.8 Å². The Hall–Kier alpha value is -4.78. The molecule has 5 aromatic rings. The summed E-state index contributed by atoms with van der Waals surface area (Å²) < 4.78 is 9.71. The Bertz CT molecular complexity index is 1670. The Labute approximate surface area is 228 Å². The van der Waals surface area contributed by atoms with E-state index in [1.54, 1.807) is 7.11 Å². The summed E-state index contributed by atoms with van der Waals surface area (Å²) in [6.45, 7) is 6.48. The third-order valence-corrected chi connectivity index (χ3v) is 7.60. The van der Waals surface area contributed by atoms with Gasteiger partial charge in [0.15, 0.2) is 0 Å². The molecule has 196 valence electrons. The number of para-hydroxylation sites is 1. The number of nitrogens with zero attached hydrogens (tertiary/aromatic N) is 4. The van der Waals surface area contributed by atoms with Gasteiger partial charge < -0.3 is 19.5 Å². The smallest absolute Gasteiger partial charge is 0.322 e. The van der Waals surface area contributed by atoms with Crippen LogP contribution < -0.4 is 10.1 Å². The van der Waals surface area contributed by atoms with Gasteiger partial charge in [-0.05, 0) is 79.9 Å². The Morgan fingerprint density at radius 2 is 1.74 bits per heavy atom. The zero-order valence-corrected chi connectivity index (χ0v) is 22.6. The van der Waals surface area contributed by atoms with Gasteiger partial charge in [-0.15, -0.1) is 0 Å². The predicted octanol–water partition coefficient (Wildman–Crippen LogP) is 6.73. The summed E-state index contributed by atoms with van der Waals surface area (Å²) in [5, 5.41) is 8.14. The molecule has 7 nitrogen and oxygen atoms in total. The number of carbonyl (C=O) groups excluding carboxylic acids is 1. The van der Waals surface area contributed by atoms with Gasteiger partial charge in [-0.1, -0.05) is 42.5 Å². The maximum absolute atomic E-state index is 14.2. The van der Waals surface area contributed by atoms with Crippen LogP contribution in [0.2, 0.25) is 0 Å². The normalized spacial score (nSPS) is 14.4. The molecule has 0 bridgehead atoms. The maximum atomic E-state index is 14.2. The molecule has 1 atom stereocenters. The van der Waals surface area contributed by atoms with Gasteiger partial charge in [0.25, 0.3) is 0 Å². The van der Waals surface area contributed by atoms with E-state index < -0.39 is 0 Å². The molecule has 1 N–H and O–H groups in total. The fourth-order valence-electron chi connectivity index (χ4n) is 5.39. The number of rotatable bonds is 4. The van der Waals surface area contributed by atoms with Gasteiger partial charge in [-0.3, -0.25) is 0 Å². The van der Waals surface area contributed by atoms with Gasteiger partial charge in [0.2, 0.25) is 0 Å². The number of urea groups is 1. The van der Waals surface area contributed by atoms with Crippen LogP contribution in [0.4, 0.5) is 10.5 Å². The van der Waals surface area contributed by atoms with E-state index in [2.05, 4.69) is 35.0 Å². The number of hydrogen-bond donors (Lipinski definition) is 1. The molecule has 2 amide bonds. The molecule has 0 spiro atoms. The van der Waals surface area contributed by atoms with Crippen molar-refractivity contribution in [3.05, 3.63) is 125 Å². The number of amides is 2. The molecule has 0 saturated heterocycles. The first-order valence-corrected chi connectivity index (χ1v) is 13.1.